The highest BCUT2D eigenvalue weighted by molar-refractivity contribution is 5.86. The van der Waals surface area contributed by atoms with Gasteiger partial charge in [-0.3, -0.25) is 5.73 Å². The molecular weight excluding hydrogens is 190 g/mol. The molecule has 1 aromatic carbocycles. The highest BCUT2D eigenvalue weighted by atomic mass is 15.4. The number of rotatable bonds is 1. The molecule has 1 aliphatic rings. The van der Waals surface area contributed by atoms with Crippen molar-refractivity contribution in [1.82, 2.24) is 5.43 Å². The van der Waals surface area contributed by atoms with E-state index >= 15 is 0 Å². The lowest BCUT2D eigenvalue weighted by Gasteiger charge is -2.24. The van der Waals surface area contributed by atoms with Gasteiger partial charge >= 0.3 is 0 Å². The third-order valence-corrected chi connectivity index (χ3v) is 2.26. The van der Waals surface area contributed by atoms with Gasteiger partial charge in [0.25, 0.3) is 0 Å². The lowest BCUT2D eigenvalue weighted by Crippen LogP contribution is -2.45. The molecule has 0 spiro atoms. The van der Waals surface area contributed by atoms with Crippen LogP contribution in [0.15, 0.2) is 34.4 Å². The fraction of sp³-hybridized carbons (Fsp3) is 0.200. The van der Waals surface area contributed by atoms with Crippen LogP contribution in [0.25, 0.3) is 0 Å². The number of guanidine groups is 1. The van der Waals surface area contributed by atoms with Crippen molar-refractivity contribution in [3.05, 3.63) is 35.4 Å². The van der Waals surface area contributed by atoms with Crippen molar-refractivity contribution in [2.45, 2.75) is 12.6 Å². The number of benzene rings is 1. The van der Waals surface area contributed by atoms with E-state index in [2.05, 4.69) is 15.5 Å². The second-order valence-electron chi connectivity index (χ2n) is 3.56. The van der Waals surface area contributed by atoms with Crippen LogP contribution in [-0.2, 0) is 5.66 Å². The monoisotopic (exact) mass is 203 g/mol. The molecule has 1 unspecified atom stereocenters. The summed E-state index contributed by atoms with van der Waals surface area (Å²) in [6.45, 7) is 2.01. The molecule has 5 N–H and O–H groups in total. The van der Waals surface area contributed by atoms with Gasteiger partial charge in [0.05, 0.1) is 6.21 Å². The molecule has 0 radical (unpaired) electrons. The zero-order valence-corrected chi connectivity index (χ0v) is 8.44. The molecule has 0 bridgehead atoms. The van der Waals surface area contributed by atoms with Gasteiger partial charge in [-0.15, -0.1) is 0 Å². The Morgan fingerprint density at radius 1 is 1.27 bits per heavy atom. The molecule has 78 valence electrons. The van der Waals surface area contributed by atoms with Crippen LogP contribution in [-0.4, -0.2) is 12.2 Å². The summed E-state index contributed by atoms with van der Waals surface area (Å²) < 4.78 is 0. The van der Waals surface area contributed by atoms with Gasteiger partial charge in [-0.1, -0.05) is 29.8 Å². The van der Waals surface area contributed by atoms with E-state index in [1.807, 2.05) is 31.2 Å². The Hall–Kier alpha value is -1.88. The SMILES string of the molecule is Cc1ccc(C2(N)C=NNC(N)=N2)cc1. The number of nitrogens with zero attached hydrogens (tertiary/aromatic N) is 2. The van der Waals surface area contributed by atoms with Crippen LogP contribution in [0, 0.1) is 6.92 Å². The Balaban J connectivity index is 2.41. The minimum Gasteiger partial charge on any atom is -0.368 e. The molecule has 0 saturated carbocycles. The number of aryl methyl sites for hydroxylation is 1. The standard InChI is InChI=1S/C10H13N5/c1-7-2-4-8(5-3-7)10(12)6-13-15-9(11)14-10/h2-6H,12H2,1H3,(H3,11,14,15). The number of hydrazone groups is 1. The molecule has 0 aliphatic carbocycles. The van der Waals surface area contributed by atoms with Crippen molar-refractivity contribution in [3.8, 4) is 0 Å². The molecule has 5 heteroatoms. The van der Waals surface area contributed by atoms with Crippen LogP contribution >= 0.6 is 0 Å². The summed E-state index contributed by atoms with van der Waals surface area (Å²) in [5, 5.41) is 3.85. The first-order valence-corrected chi connectivity index (χ1v) is 4.62. The molecule has 5 nitrogen and oxygen atoms in total. The van der Waals surface area contributed by atoms with Gasteiger partial charge in [0.2, 0.25) is 5.96 Å². The zero-order chi connectivity index (χ0) is 10.9. The molecule has 1 aromatic rings. The van der Waals surface area contributed by atoms with Crippen molar-refractivity contribution in [2.24, 2.45) is 21.6 Å². The number of aliphatic imine (C=N–C) groups is 1. The van der Waals surface area contributed by atoms with Gasteiger partial charge in [0, 0.05) is 0 Å². The van der Waals surface area contributed by atoms with E-state index in [9.17, 15) is 0 Å². The summed E-state index contributed by atoms with van der Waals surface area (Å²) >= 11 is 0. The quantitative estimate of drug-likeness (QED) is 0.600. The average Bonchev–Trinajstić information content (AvgIpc) is 2.18. The summed E-state index contributed by atoms with van der Waals surface area (Å²) in [6.07, 6.45) is 1.54. The van der Waals surface area contributed by atoms with Crippen LogP contribution in [0.4, 0.5) is 0 Å². The van der Waals surface area contributed by atoms with Crippen molar-refractivity contribution < 1.29 is 0 Å². The van der Waals surface area contributed by atoms with Crippen molar-refractivity contribution in [2.75, 3.05) is 0 Å². The van der Waals surface area contributed by atoms with Crippen LogP contribution in [0.5, 0.6) is 0 Å². The largest absolute Gasteiger partial charge is 0.368 e. The van der Waals surface area contributed by atoms with E-state index in [1.165, 1.54) is 11.8 Å². The van der Waals surface area contributed by atoms with Crippen LogP contribution < -0.4 is 16.9 Å². The third-order valence-electron chi connectivity index (χ3n) is 2.26. The number of hydrogen-bond donors (Lipinski definition) is 3. The normalized spacial score (nSPS) is 24.5. The first-order valence-electron chi connectivity index (χ1n) is 4.62. The summed E-state index contributed by atoms with van der Waals surface area (Å²) in [7, 11) is 0. The van der Waals surface area contributed by atoms with Crippen LogP contribution in [0.2, 0.25) is 0 Å². The molecule has 1 heterocycles. The highest BCUT2D eigenvalue weighted by Crippen LogP contribution is 2.19. The van der Waals surface area contributed by atoms with Gasteiger partial charge in [-0.2, -0.15) is 5.10 Å². The molecule has 0 amide bonds. The van der Waals surface area contributed by atoms with Gasteiger partial charge in [-0.05, 0) is 12.5 Å². The average molecular weight is 203 g/mol. The van der Waals surface area contributed by atoms with Crippen LogP contribution in [0.1, 0.15) is 11.1 Å². The van der Waals surface area contributed by atoms with Crippen molar-refractivity contribution >= 4 is 12.2 Å². The summed E-state index contributed by atoms with van der Waals surface area (Å²) in [4.78, 5) is 4.13. The third kappa shape index (κ3) is 1.82. The first-order chi connectivity index (χ1) is 7.10. The molecule has 15 heavy (non-hydrogen) atoms. The van der Waals surface area contributed by atoms with Gasteiger partial charge in [-0.25, -0.2) is 10.4 Å². The maximum Gasteiger partial charge on any atom is 0.212 e. The Labute approximate surface area is 87.9 Å². The van der Waals surface area contributed by atoms with Crippen molar-refractivity contribution in [3.63, 3.8) is 0 Å². The van der Waals surface area contributed by atoms with E-state index < -0.39 is 5.66 Å². The predicted octanol–water partition coefficient (Wildman–Crippen LogP) is 0.0102. The number of nitrogens with one attached hydrogen (secondary N) is 1. The first kappa shape index (κ1) is 9.67. The summed E-state index contributed by atoms with van der Waals surface area (Å²) in [6, 6.07) is 7.80. The van der Waals surface area contributed by atoms with E-state index in [4.69, 9.17) is 11.5 Å². The van der Waals surface area contributed by atoms with E-state index in [0.717, 1.165) is 5.56 Å². The van der Waals surface area contributed by atoms with E-state index in [0.29, 0.717) is 0 Å². The second-order valence-corrected chi connectivity index (χ2v) is 3.56. The Bertz CT molecular complexity index is 420. The predicted molar refractivity (Wildman–Crippen MR) is 60.3 cm³/mol. The lowest BCUT2D eigenvalue weighted by atomic mass is 10.0. The smallest absolute Gasteiger partial charge is 0.212 e. The van der Waals surface area contributed by atoms with E-state index in [1.54, 1.807) is 0 Å². The zero-order valence-electron chi connectivity index (χ0n) is 8.44. The molecule has 1 aliphatic heterocycles. The number of hydrogen-bond acceptors (Lipinski definition) is 5. The van der Waals surface area contributed by atoms with E-state index in [-0.39, 0.29) is 5.96 Å². The summed E-state index contributed by atoms with van der Waals surface area (Å²) in [5.74, 6) is 0.223. The molecule has 0 aromatic heterocycles. The lowest BCUT2D eigenvalue weighted by molar-refractivity contribution is 0.628. The minimum atomic E-state index is -0.955. The molecule has 0 saturated heterocycles. The maximum absolute atomic E-state index is 6.06. The second kappa shape index (κ2) is 3.36. The summed E-state index contributed by atoms with van der Waals surface area (Å²) in [5.41, 5.74) is 15.2. The topological polar surface area (TPSA) is 88.8 Å². The molecule has 2 rings (SSSR count). The maximum atomic E-state index is 6.06. The minimum absolute atomic E-state index is 0.223. The Morgan fingerprint density at radius 3 is 2.53 bits per heavy atom. The fourth-order valence-electron chi connectivity index (χ4n) is 1.41. The number of nitrogens with two attached hydrogens (primary N) is 2. The molecule has 1 atom stereocenters. The van der Waals surface area contributed by atoms with Gasteiger partial charge < -0.3 is 5.73 Å². The fourth-order valence-corrected chi connectivity index (χ4v) is 1.41. The molecular formula is C10H13N5. The van der Waals surface area contributed by atoms with Crippen LogP contribution in [0.3, 0.4) is 0 Å². The Morgan fingerprint density at radius 2 is 1.93 bits per heavy atom. The highest BCUT2D eigenvalue weighted by Gasteiger charge is 2.26. The van der Waals surface area contributed by atoms with Gasteiger partial charge in [0.1, 0.15) is 0 Å². The Kier molecular flexibility index (Phi) is 2.17. The molecule has 0 fully saturated rings. The van der Waals surface area contributed by atoms with Crippen molar-refractivity contribution in [1.29, 1.82) is 0 Å². The van der Waals surface area contributed by atoms with Gasteiger partial charge in [0.15, 0.2) is 5.66 Å².